The number of fused-ring (bicyclic) bond motifs is 1. The average Bonchev–Trinajstić information content (AvgIpc) is 2.65. The molecule has 0 radical (unpaired) electrons. The fourth-order valence-electron chi connectivity index (χ4n) is 3.41. The zero-order chi connectivity index (χ0) is 19.5. The van der Waals surface area contributed by atoms with E-state index in [1.807, 2.05) is 18.2 Å². The minimum absolute atomic E-state index is 0.0812. The molecule has 6 heteroatoms. The fourth-order valence-corrected chi connectivity index (χ4v) is 3.41. The number of nitrogens with zero attached hydrogens (tertiary/aromatic N) is 2. The van der Waals surface area contributed by atoms with Gasteiger partial charge in [-0.25, -0.2) is 0 Å². The van der Waals surface area contributed by atoms with E-state index in [2.05, 4.69) is 46.0 Å². The molecule has 27 heavy (non-hydrogen) atoms. The summed E-state index contributed by atoms with van der Waals surface area (Å²) >= 11 is 0. The number of rotatable bonds is 10. The van der Waals surface area contributed by atoms with E-state index >= 15 is 0 Å². The van der Waals surface area contributed by atoms with Gasteiger partial charge in [-0.3, -0.25) is 9.79 Å². The largest absolute Gasteiger partial charge is 0.356 e. The molecule has 0 saturated carbocycles. The van der Waals surface area contributed by atoms with E-state index < -0.39 is 0 Å². The second kappa shape index (κ2) is 11.6. The first kappa shape index (κ1) is 21.2. The van der Waals surface area contributed by atoms with E-state index in [1.165, 1.54) is 37.8 Å². The molecule has 0 fully saturated rings. The van der Waals surface area contributed by atoms with Crippen LogP contribution >= 0.6 is 0 Å². The van der Waals surface area contributed by atoms with E-state index in [4.69, 9.17) is 0 Å². The number of para-hydroxylation sites is 1. The van der Waals surface area contributed by atoms with Crippen molar-refractivity contribution in [1.29, 1.82) is 0 Å². The first-order chi connectivity index (χ1) is 13.1. The monoisotopic (exact) mass is 373 g/mol. The zero-order valence-electron chi connectivity index (χ0n) is 17.1. The van der Waals surface area contributed by atoms with Gasteiger partial charge in [0.15, 0.2) is 5.96 Å². The smallest absolute Gasteiger partial charge is 0.225 e. The number of hydrogen-bond donors (Lipinski definition) is 3. The maximum Gasteiger partial charge on any atom is 0.225 e. The van der Waals surface area contributed by atoms with E-state index in [0.717, 1.165) is 24.6 Å². The summed E-state index contributed by atoms with van der Waals surface area (Å²) < 4.78 is 0. The van der Waals surface area contributed by atoms with Crippen LogP contribution in [0.1, 0.15) is 50.0 Å². The van der Waals surface area contributed by atoms with Crippen molar-refractivity contribution in [1.82, 2.24) is 15.5 Å². The van der Waals surface area contributed by atoms with E-state index in [1.54, 1.807) is 7.05 Å². The highest BCUT2D eigenvalue weighted by molar-refractivity contribution is 5.94. The molecule has 1 heterocycles. The lowest BCUT2D eigenvalue weighted by molar-refractivity contribution is -0.116. The van der Waals surface area contributed by atoms with Crippen molar-refractivity contribution in [3.63, 3.8) is 0 Å². The molecule has 1 aliphatic heterocycles. The van der Waals surface area contributed by atoms with Crippen LogP contribution in [0, 0.1) is 0 Å². The highest BCUT2D eigenvalue weighted by Crippen LogP contribution is 2.31. The third-order valence-corrected chi connectivity index (χ3v) is 4.92. The van der Waals surface area contributed by atoms with Gasteiger partial charge in [0.25, 0.3) is 0 Å². The summed E-state index contributed by atoms with van der Waals surface area (Å²) in [4.78, 5) is 18.5. The van der Waals surface area contributed by atoms with Gasteiger partial charge in [0, 0.05) is 38.2 Å². The molecule has 3 N–H and O–H groups in total. The van der Waals surface area contributed by atoms with Crippen molar-refractivity contribution in [2.24, 2.45) is 4.99 Å². The number of guanidine groups is 1. The van der Waals surface area contributed by atoms with Crippen molar-refractivity contribution in [2.75, 3.05) is 46.1 Å². The highest BCUT2D eigenvalue weighted by atomic mass is 16.1. The Bertz CT molecular complexity index is 614. The maximum atomic E-state index is 11.9. The SMILES string of the molecule is CN=C(NCCCCCCCN(C)C)NCC1CC(=O)Nc2ccccc21. The molecule has 0 saturated heterocycles. The molecular weight excluding hydrogens is 338 g/mol. The van der Waals surface area contributed by atoms with Gasteiger partial charge in [-0.05, 0) is 45.1 Å². The van der Waals surface area contributed by atoms with Gasteiger partial charge in [-0.2, -0.15) is 0 Å². The van der Waals surface area contributed by atoms with Gasteiger partial charge in [0.05, 0.1) is 0 Å². The quantitative estimate of drug-likeness (QED) is 0.335. The lowest BCUT2D eigenvalue weighted by Gasteiger charge is -2.26. The summed E-state index contributed by atoms with van der Waals surface area (Å²) in [6.45, 7) is 2.81. The molecule has 2 rings (SSSR count). The number of aliphatic imine (C=N–C) groups is 1. The molecule has 1 aromatic rings. The molecule has 1 aromatic carbocycles. The Labute approximate surface area is 163 Å². The lowest BCUT2D eigenvalue weighted by Crippen LogP contribution is -2.41. The number of hydrogen-bond acceptors (Lipinski definition) is 3. The number of unbranched alkanes of at least 4 members (excludes halogenated alkanes) is 4. The Balaban J connectivity index is 1.65. The number of anilines is 1. The molecule has 0 aliphatic carbocycles. The summed E-state index contributed by atoms with van der Waals surface area (Å²) in [7, 11) is 6.04. The van der Waals surface area contributed by atoms with Gasteiger partial charge < -0.3 is 20.9 Å². The molecule has 0 spiro atoms. The predicted octanol–water partition coefficient (Wildman–Crippen LogP) is 2.79. The minimum atomic E-state index is 0.0812. The Morgan fingerprint density at radius 2 is 1.89 bits per heavy atom. The Morgan fingerprint density at radius 3 is 2.67 bits per heavy atom. The summed E-state index contributed by atoms with van der Waals surface area (Å²) in [5.74, 6) is 1.06. The van der Waals surface area contributed by atoms with Crippen molar-refractivity contribution in [3.05, 3.63) is 29.8 Å². The number of carbonyl (C=O) groups is 1. The van der Waals surface area contributed by atoms with Crippen LogP contribution in [0.25, 0.3) is 0 Å². The van der Waals surface area contributed by atoms with Gasteiger partial charge in [-0.1, -0.05) is 37.5 Å². The molecule has 0 bridgehead atoms. The highest BCUT2D eigenvalue weighted by Gasteiger charge is 2.24. The number of benzene rings is 1. The molecular formula is C21H35N5O. The van der Waals surface area contributed by atoms with Crippen LogP contribution < -0.4 is 16.0 Å². The molecule has 1 amide bonds. The van der Waals surface area contributed by atoms with Gasteiger partial charge in [0.2, 0.25) is 5.91 Å². The molecule has 150 valence electrons. The minimum Gasteiger partial charge on any atom is -0.356 e. The van der Waals surface area contributed by atoms with Gasteiger partial charge in [-0.15, -0.1) is 0 Å². The normalized spacial score (nSPS) is 16.8. The Hall–Kier alpha value is -2.08. The van der Waals surface area contributed by atoms with Crippen LogP contribution in [0.2, 0.25) is 0 Å². The van der Waals surface area contributed by atoms with Crippen molar-refractivity contribution < 1.29 is 4.79 Å². The number of carbonyl (C=O) groups excluding carboxylic acids is 1. The summed E-state index contributed by atoms with van der Waals surface area (Å²) in [6, 6.07) is 8.03. The molecule has 6 nitrogen and oxygen atoms in total. The fraction of sp³-hybridized carbons (Fsp3) is 0.619. The Kier molecular flexibility index (Phi) is 9.11. The molecule has 0 aromatic heterocycles. The summed E-state index contributed by atoms with van der Waals surface area (Å²) in [5.41, 5.74) is 2.12. The van der Waals surface area contributed by atoms with Crippen molar-refractivity contribution >= 4 is 17.6 Å². The van der Waals surface area contributed by atoms with Crippen LogP contribution in [0.15, 0.2) is 29.3 Å². The second-order valence-electron chi connectivity index (χ2n) is 7.49. The predicted molar refractivity (Wildman–Crippen MR) is 113 cm³/mol. The standard InChI is InChI=1S/C21H35N5O/c1-22-21(23-13-9-5-4-6-10-14-26(2)3)24-16-17-15-20(27)25-19-12-8-7-11-18(17)19/h7-8,11-12,17H,4-6,9-10,13-16H2,1-3H3,(H,25,27)(H2,22,23,24). The van der Waals surface area contributed by atoms with Crippen molar-refractivity contribution in [3.8, 4) is 0 Å². The van der Waals surface area contributed by atoms with E-state index in [9.17, 15) is 4.79 Å². The van der Waals surface area contributed by atoms with E-state index in [-0.39, 0.29) is 11.8 Å². The summed E-state index contributed by atoms with van der Waals surface area (Å²) in [5, 5.41) is 9.71. The Morgan fingerprint density at radius 1 is 1.15 bits per heavy atom. The van der Waals surface area contributed by atoms with Gasteiger partial charge in [0.1, 0.15) is 0 Å². The third kappa shape index (κ3) is 7.59. The molecule has 1 unspecified atom stereocenters. The lowest BCUT2D eigenvalue weighted by atomic mass is 9.90. The zero-order valence-corrected chi connectivity index (χ0v) is 17.1. The molecule has 1 atom stereocenters. The van der Waals surface area contributed by atoms with Crippen LogP contribution in [0.3, 0.4) is 0 Å². The molecule has 1 aliphatic rings. The van der Waals surface area contributed by atoms with Crippen LogP contribution in [0.4, 0.5) is 5.69 Å². The second-order valence-corrected chi connectivity index (χ2v) is 7.49. The van der Waals surface area contributed by atoms with Crippen LogP contribution in [-0.2, 0) is 4.79 Å². The van der Waals surface area contributed by atoms with Gasteiger partial charge >= 0.3 is 0 Å². The van der Waals surface area contributed by atoms with Crippen LogP contribution in [-0.4, -0.2) is 57.5 Å². The first-order valence-electron chi connectivity index (χ1n) is 10.1. The van der Waals surface area contributed by atoms with Crippen LogP contribution in [0.5, 0.6) is 0 Å². The summed E-state index contributed by atoms with van der Waals surface area (Å²) in [6.07, 6.45) is 6.77. The first-order valence-corrected chi connectivity index (χ1v) is 10.1. The average molecular weight is 374 g/mol. The number of amides is 1. The van der Waals surface area contributed by atoms with E-state index in [0.29, 0.717) is 13.0 Å². The van der Waals surface area contributed by atoms with Crippen molar-refractivity contribution in [2.45, 2.75) is 44.4 Å². The number of nitrogens with one attached hydrogen (secondary N) is 3. The third-order valence-electron chi connectivity index (χ3n) is 4.92. The maximum absolute atomic E-state index is 11.9. The topological polar surface area (TPSA) is 68.8 Å².